The van der Waals surface area contributed by atoms with Crippen LogP contribution in [0.4, 0.5) is 10.2 Å². The summed E-state index contributed by atoms with van der Waals surface area (Å²) in [5, 5.41) is 7.16. The third-order valence-electron chi connectivity index (χ3n) is 4.94. The molecular formula is C25H19BrFN3O2. The van der Waals surface area contributed by atoms with Crippen LogP contribution in [0, 0.1) is 12.7 Å². The maximum atomic E-state index is 13.1. The van der Waals surface area contributed by atoms with Gasteiger partial charge in [0.25, 0.3) is 5.91 Å². The standard InChI is InChI=1S/C25H19BrFN3O2/c1-16-6-10-18(11-7-16)23(31)20-4-2-3-5-21(20)25(32)28-24-22(26)15-30(29-24)14-17-8-12-19(27)13-9-17/h2-13,15H,14H2,1H3,(H,28,29,32). The van der Waals surface area contributed by atoms with Gasteiger partial charge in [-0.25, -0.2) is 4.39 Å². The molecule has 1 N–H and O–H groups in total. The second-order valence-corrected chi connectivity index (χ2v) is 8.20. The van der Waals surface area contributed by atoms with Gasteiger partial charge in [0.1, 0.15) is 5.82 Å². The number of aromatic nitrogens is 2. The number of nitrogens with one attached hydrogen (secondary N) is 1. The Morgan fingerprint density at radius 1 is 0.969 bits per heavy atom. The van der Waals surface area contributed by atoms with Crippen molar-refractivity contribution in [1.29, 1.82) is 0 Å². The van der Waals surface area contributed by atoms with Crippen LogP contribution >= 0.6 is 15.9 Å². The van der Waals surface area contributed by atoms with Gasteiger partial charge < -0.3 is 5.32 Å². The molecule has 4 rings (SSSR count). The van der Waals surface area contributed by atoms with Crippen LogP contribution in [-0.4, -0.2) is 21.5 Å². The van der Waals surface area contributed by atoms with Crippen molar-refractivity contribution < 1.29 is 14.0 Å². The first-order chi connectivity index (χ1) is 15.4. The highest BCUT2D eigenvalue weighted by Crippen LogP contribution is 2.23. The van der Waals surface area contributed by atoms with Crippen LogP contribution in [0.5, 0.6) is 0 Å². The lowest BCUT2D eigenvalue weighted by atomic mass is 9.97. The second kappa shape index (κ2) is 9.28. The molecule has 0 radical (unpaired) electrons. The fourth-order valence-electron chi connectivity index (χ4n) is 3.25. The third kappa shape index (κ3) is 4.84. The van der Waals surface area contributed by atoms with E-state index >= 15 is 0 Å². The van der Waals surface area contributed by atoms with Crippen molar-refractivity contribution in [3.63, 3.8) is 0 Å². The first-order valence-electron chi connectivity index (χ1n) is 9.90. The number of aryl methyl sites for hydroxylation is 1. The Balaban J connectivity index is 1.55. The molecule has 0 bridgehead atoms. The molecule has 1 heterocycles. The monoisotopic (exact) mass is 491 g/mol. The van der Waals surface area contributed by atoms with Crippen molar-refractivity contribution in [2.75, 3.05) is 5.32 Å². The molecule has 32 heavy (non-hydrogen) atoms. The predicted octanol–water partition coefficient (Wildman–Crippen LogP) is 5.62. The van der Waals surface area contributed by atoms with Gasteiger partial charge in [0.15, 0.2) is 11.6 Å². The summed E-state index contributed by atoms with van der Waals surface area (Å²) in [4.78, 5) is 26.0. The topological polar surface area (TPSA) is 64.0 Å². The zero-order chi connectivity index (χ0) is 22.7. The van der Waals surface area contributed by atoms with Crippen LogP contribution in [0.2, 0.25) is 0 Å². The minimum atomic E-state index is -0.436. The van der Waals surface area contributed by atoms with Gasteiger partial charge in [0, 0.05) is 17.3 Å². The van der Waals surface area contributed by atoms with E-state index in [1.54, 1.807) is 59.4 Å². The van der Waals surface area contributed by atoms with E-state index in [0.717, 1.165) is 11.1 Å². The summed E-state index contributed by atoms with van der Waals surface area (Å²) in [5.41, 5.74) is 3.01. The molecule has 0 saturated heterocycles. The highest BCUT2D eigenvalue weighted by atomic mass is 79.9. The molecule has 0 aliphatic carbocycles. The van der Waals surface area contributed by atoms with Crippen LogP contribution < -0.4 is 5.32 Å². The Kier molecular flexibility index (Phi) is 6.28. The molecule has 1 amide bonds. The summed E-state index contributed by atoms with van der Waals surface area (Å²) in [7, 11) is 0. The number of benzene rings is 3. The second-order valence-electron chi connectivity index (χ2n) is 7.34. The van der Waals surface area contributed by atoms with E-state index in [2.05, 4.69) is 26.3 Å². The molecule has 5 nitrogen and oxygen atoms in total. The summed E-state index contributed by atoms with van der Waals surface area (Å²) >= 11 is 3.41. The van der Waals surface area contributed by atoms with Crippen molar-refractivity contribution in [3.05, 3.63) is 117 Å². The van der Waals surface area contributed by atoms with Crippen molar-refractivity contribution in [2.24, 2.45) is 0 Å². The lowest BCUT2D eigenvalue weighted by Gasteiger charge is -2.09. The zero-order valence-electron chi connectivity index (χ0n) is 17.2. The van der Waals surface area contributed by atoms with Crippen molar-refractivity contribution in [1.82, 2.24) is 9.78 Å². The summed E-state index contributed by atoms with van der Waals surface area (Å²) in [6.45, 7) is 2.36. The molecule has 1 aromatic heterocycles. The van der Waals surface area contributed by atoms with E-state index in [0.29, 0.717) is 28.0 Å². The highest BCUT2D eigenvalue weighted by molar-refractivity contribution is 9.10. The van der Waals surface area contributed by atoms with Gasteiger partial charge in [0.05, 0.1) is 16.6 Å². The van der Waals surface area contributed by atoms with Gasteiger partial charge in [-0.2, -0.15) is 5.10 Å². The molecule has 4 aromatic rings. The summed E-state index contributed by atoms with van der Waals surface area (Å²) in [6.07, 6.45) is 1.72. The molecule has 0 aliphatic rings. The lowest BCUT2D eigenvalue weighted by Crippen LogP contribution is -2.17. The number of carbonyl (C=O) groups excluding carboxylic acids is 2. The van der Waals surface area contributed by atoms with Crippen LogP contribution in [0.3, 0.4) is 0 Å². The number of carbonyl (C=O) groups is 2. The Hall–Kier alpha value is -3.58. The number of halogens is 2. The minimum Gasteiger partial charge on any atom is -0.304 e. The number of ketones is 1. The first kappa shape index (κ1) is 21.6. The Morgan fingerprint density at radius 3 is 2.31 bits per heavy atom. The highest BCUT2D eigenvalue weighted by Gasteiger charge is 2.20. The smallest absolute Gasteiger partial charge is 0.257 e. The predicted molar refractivity (Wildman–Crippen MR) is 124 cm³/mol. The largest absolute Gasteiger partial charge is 0.304 e. The summed E-state index contributed by atoms with van der Waals surface area (Å²) < 4.78 is 15.3. The number of amides is 1. The van der Waals surface area contributed by atoms with Gasteiger partial charge in [-0.05, 0) is 46.6 Å². The summed E-state index contributed by atoms with van der Waals surface area (Å²) in [5.74, 6) is -0.637. The van der Waals surface area contributed by atoms with Gasteiger partial charge in [0.2, 0.25) is 0 Å². The van der Waals surface area contributed by atoms with E-state index in [1.807, 2.05) is 19.1 Å². The zero-order valence-corrected chi connectivity index (χ0v) is 18.8. The Labute approximate surface area is 193 Å². The molecule has 0 unspecified atom stereocenters. The molecule has 160 valence electrons. The maximum absolute atomic E-state index is 13.1. The minimum absolute atomic E-state index is 0.225. The van der Waals surface area contributed by atoms with Crippen molar-refractivity contribution in [3.8, 4) is 0 Å². The fraction of sp³-hybridized carbons (Fsp3) is 0.0800. The fourth-order valence-corrected chi connectivity index (χ4v) is 3.67. The lowest BCUT2D eigenvalue weighted by molar-refractivity contribution is 0.0996. The van der Waals surface area contributed by atoms with Crippen LogP contribution in [0.1, 0.15) is 37.4 Å². The van der Waals surface area contributed by atoms with Gasteiger partial charge in [-0.15, -0.1) is 0 Å². The SMILES string of the molecule is Cc1ccc(C(=O)c2ccccc2C(=O)Nc2nn(Cc3ccc(F)cc3)cc2Br)cc1. The molecule has 7 heteroatoms. The average Bonchev–Trinajstić information content (AvgIpc) is 3.13. The van der Waals surface area contributed by atoms with E-state index in [4.69, 9.17) is 0 Å². The molecular weight excluding hydrogens is 473 g/mol. The summed E-state index contributed by atoms with van der Waals surface area (Å²) in [6, 6.07) is 20.0. The molecule has 0 spiro atoms. The molecule has 0 fully saturated rings. The van der Waals surface area contributed by atoms with Gasteiger partial charge in [-0.1, -0.05) is 60.2 Å². The Morgan fingerprint density at radius 2 is 1.62 bits per heavy atom. The quantitative estimate of drug-likeness (QED) is 0.355. The number of hydrogen-bond acceptors (Lipinski definition) is 3. The van der Waals surface area contributed by atoms with Crippen LogP contribution in [-0.2, 0) is 6.54 Å². The number of anilines is 1. The van der Waals surface area contributed by atoms with Gasteiger partial charge >= 0.3 is 0 Å². The molecule has 0 aliphatic heterocycles. The number of hydrogen-bond donors (Lipinski definition) is 1. The van der Waals surface area contributed by atoms with E-state index < -0.39 is 5.91 Å². The molecule has 0 atom stereocenters. The van der Waals surface area contributed by atoms with Crippen molar-refractivity contribution in [2.45, 2.75) is 13.5 Å². The molecule has 0 saturated carbocycles. The van der Waals surface area contributed by atoms with E-state index in [9.17, 15) is 14.0 Å². The maximum Gasteiger partial charge on any atom is 0.257 e. The third-order valence-corrected chi connectivity index (χ3v) is 5.52. The Bertz CT molecular complexity index is 1280. The van der Waals surface area contributed by atoms with E-state index in [-0.39, 0.29) is 17.2 Å². The van der Waals surface area contributed by atoms with E-state index in [1.165, 1.54) is 12.1 Å². The van der Waals surface area contributed by atoms with Crippen LogP contribution in [0.25, 0.3) is 0 Å². The number of rotatable bonds is 6. The first-order valence-corrected chi connectivity index (χ1v) is 10.7. The average molecular weight is 492 g/mol. The number of nitrogens with zero attached hydrogens (tertiary/aromatic N) is 2. The molecule has 3 aromatic carbocycles. The van der Waals surface area contributed by atoms with Crippen LogP contribution in [0.15, 0.2) is 83.5 Å². The normalized spacial score (nSPS) is 10.7. The van der Waals surface area contributed by atoms with Gasteiger partial charge in [-0.3, -0.25) is 14.3 Å². The van der Waals surface area contributed by atoms with Crippen molar-refractivity contribution >= 4 is 33.4 Å².